The fourth-order valence-corrected chi connectivity index (χ4v) is 3.31. The number of rotatable bonds is 5. The van der Waals surface area contributed by atoms with E-state index >= 15 is 0 Å². The van der Waals surface area contributed by atoms with Gasteiger partial charge in [-0.2, -0.15) is 0 Å². The number of hydrogen-bond donors (Lipinski definition) is 2. The molecule has 0 spiro atoms. The van der Waals surface area contributed by atoms with Crippen LogP contribution in [0.25, 0.3) is 0 Å². The van der Waals surface area contributed by atoms with Crippen LogP contribution in [0.3, 0.4) is 0 Å². The van der Waals surface area contributed by atoms with Crippen molar-refractivity contribution >= 4 is 23.2 Å². The SMILES string of the molecule is Cc1cc(Cl)ccc1NC(=O)CN(C)C1CCC(CO)CC1. The summed E-state index contributed by atoms with van der Waals surface area (Å²) in [5.74, 6) is 0.437. The quantitative estimate of drug-likeness (QED) is 0.875. The van der Waals surface area contributed by atoms with Crippen LogP contribution < -0.4 is 5.32 Å². The predicted molar refractivity (Wildman–Crippen MR) is 90.3 cm³/mol. The summed E-state index contributed by atoms with van der Waals surface area (Å²) in [4.78, 5) is 14.3. The van der Waals surface area contributed by atoms with Crippen molar-refractivity contribution in [3.63, 3.8) is 0 Å². The number of amides is 1. The maximum Gasteiger partial charge on any atom is 0.238 e. The minimum atomic E-state index is -0.00259. The van der Waals surface area contributed by atoms with Crippen LogP contribution in [-0.2, 0) is 4.79 Å². The van der Waals surface area contributed by atoms with Crippen LogP contribution in [0.15, 0.2) is 18.2 Å². The molecule has 0 aliphatic heterocycles. The Bertz CT molecular complexity index is 513. The van der Waals surface area contributed by atoms with E-state index in [1.807, 2.05) is 26.1 Å². The minimum absolute atomic E-state index is 0.00259. The fourth-order valence-electron chi connectivity index (χ4n) is 3.08. The number of carbonyl (C=O) groups is 1. The van der Waals surface area contributed by atoms with Crippen molar-refractivity contribution in [3.05, 3.63) is 28.8 Å². The molecule has 1 fully saturated rings. The number of aliphatic hydroxyl groups is 1. The number of carbonyl (C=O) groups excluding carboxylic acids is 1. The Morgan fingerprint density at radius 3 is 2.64 bits per heavy atom. The molecule has 1 amide bonds. The number of halogens is 1. The summed E-state index contributed by atoms with van der Waals surface area (Å²) in [7, 11) is 2.00. The van der Waals surface area contributed by atoms with Gasteiger partial charge >= 0.3 is 0 Å². The maximum absolute atomic E-state index is 12.2. The molecular formula is C17H25ClN2O2. The molecule has 2 rings (SSSR count). The molecule has 2 N–H and O–H groups in total. The number of nitrogens with zero attached hydrogens (tertiary/aromatic N) is 1. The largest absolute Gasteiger partial charge is 0.396 e. The number of nitrogens with one attached hydrogen (secondary N) is 1. The smallest absolute Gasteiger partial charge is 0.238 e. The molecule has 1 aliphatic rings. The van der Waals surface area contributed by atoms with Gasteiger partial charge in [-0.3, -0.25) is 9.69 Å². The van der Waals surface area contributed by atoms with E-state index in [4.69, 9.17) is 11.6 Å². The van der Waals surface area contributed by atoms with Gasteiger partial charge in [-0.25, -0.2) is 0 Å². The maximum atomic E-state index is 12.2. The average Bonchev–Trinajstić information content (AvgIpc) is 2.50. The monoisotopic (exact) mass is 324 g/mol. The third-order valence-electron chi connectivity index (χ3n) is 4.55. The van der Waals surface area contributed by atoms with Crippen molar-refractivity contribution in [1.29, 1.82) is 0 Å². The van der Waals surface area contributed by atoms with E-state index in [1.165, 1.54) is 0 Å². The second-order valence-electron chi connectivity index (χ2n) is 6.28. The Hall–Kier alpha value is -1.10. The van der Waals surface area contributed by atoms with Crippen molar-refractivity contribution in [3.8, 4) is 0 Å². The van der Waals surface area contributed by atoms with Crippen LogP contribution in [0.4, 0.5) is 5.69 Å². The Labute approximate surface area is 137 Å². The highest BCUT2D eigenvalue weighted by molar-refractivity contribution is 6.30. The van der Waals surface area contributed by atoms with Crippen LogP contribution in [0.5, 0.6) is 0 Å². The van der Waals surface area contributed by atoms with Crippen LogP contribution in [0.2, 0.25) is 5.02 Å². The van der Waals surface area contributed by atoms with Crippen LogP contribution >= 0.6 is 11.6 Å². The molecule has 0 atom stereocenters. The second-order valence-corrected chi connectivity index (χ2v) is 6.72. The van der Waals surface area contributed by atoms with Gasteiger partial charge in [0.15, 0.2) is 0 Å². The summed E-state index contributed by atoms with van der Waals surface area (Å²) >= 11 is 5.92. The number of likely N-dealkylation sites (N-methyl/N-ethyl adjacent to an activating group) is 1. The molecule has 1 saturated carbocycles. The molecular weight excluding hydrogens is 300 g/mol. The summed E-state index contributed by atoms with van der Waals surface area (Å²) in [5.41, 5.74) is 1.78. The highest BCUT2D eigenvalue weighted by Gasteiger charge is 2.24. The van der Waals surface area contributed by atoms with E-state index in [-0.39, 0.29) is 12.5 Å². The third kappa shape index (κ3) is 4.70. The van der Waals surface area contributed by atoms with Gasteiger partial charge < -0.3 is 10.4 Å². The van der Waals surface area contributed by atoms with Crippen molar-refractivity contribution in [1.82, 2.24) is 4.90 Å². The van der Waals surface area contributed by atoms with E-state index in [0.717, 1.165) is 36.9 Å². The summed E-state index contributed by atoms with van der Waals surface area (Å²) < 4.78 is 0. The number of benzene rings is 1. The zero-order valence-corrected chi connectivity index (χ0v) is 14.1. The normalized spacial score (nSPS) is 21.9. The molecule has 0 bridgehead atoms. The zero-order valence-electron chi connectivity index (χ0n) is 13.3. The summed E-state index contributed by atoms with van der Waals surface area (Å²) in [6, 6.07) is 5.89. The van der Waals surface area contributed by atoms with Gasteiger partial charge in [0.1, 0.15) is 0 Å². The average molecular weight is 325 g/mol. The molecule has 1 aromatic rings. The van der Waals surface area contributed by atoms with Gasteiger partial charge in [-0.05, 0) is 69.3 Å². The van der Waals surface area contributed by atoms with E-state index in [0.29, 0.717) is 23.5 Å². The van der Waals surface area contributed by atoms with E-state index in [1.54, 1.807) is 6.07 Å². The molecule has 4 nitrogen and oxygen atoms in total. The first-order valence-corrected chi connectivity index (χ1v) is 8.24. The van der Waals surface area contributed by atoms with Gasteiger partial charge in [-0.1, -0.05) is 11.6 Å². The van der Waals surface area contributed by atoms with Gasteiger partial charge in [0.05, 0.1) is 6.54 Å². The number of aryl methyl sites for hydroxylation is 1. The van der Waals surface area contributed by atoms with Gasteiger partial charge in [0, 0.05) is 23.4 Å². The summed E-state index contributed by atoms with van der Waals surface area (Å²) in [6.07, 6.45) is 4.19. The molecule has 1 aromatic carbocycles. The Kier molecular flexibility index (Phi) is 6.24. The lowest BCUT2D eigenvalue weighted by Gasteiger charge is -2.33. The molecule has 0 radical (unpaired) electrons. The minimum Gasteiger partial charge on any atom is -0.396 e. The van der Waals surface area contributed by atoms with E-state index in [9.17, 15) is 9.90 Å². The first-order chi connectivity index (χ1) is 10.5. The molecule has 0 heterocycles. The van der Waals surface area contributed by atoms with Crippen molar-refractivity contribution in [2.45, 2.75) is 38.6 Å². The van der Waals surface area contributed by atoms with E-state index < -0.39 is 0 Å². The first-order valence-electron chi connectivity index (χ1n) is 7.86. The Balaban J connectivity index is 1.84. The van der Waals surface area contributed by atoms with Crippen molar-refractivity contribution < 1.29 is 9.90 Å². The molecule has 5 heteroatoms. The number of anilines is 1. The molecule has 0 aromatic heterocycles. The van der Waals surface area contributed by atoms with Crippen LogP contribution in [-0.4, -0.2) is 42.2 Å². The summed E-state index contributed by atoms with van der Waals surface area (Å²) in [6.45, 7) is 2.60. The Morgan fingerprint density at radius 2 is 2.05 bits per heavy atom. The second kappa shape index (κ2) is 7.95. The van der Waals surface area contributed by atoms with Crippen molar-refractivity contribution in [2.75, 3.05) is 25.5 Å². The standard InChI is InChI=1S/C17H25ClN2O2/c1-12-9-14(18)5-8-16(12)19-17(22)10-20(2)15-6-3-13(11-21)4-7-15/h5,8-9,13,15,21H,3-4,6-7,10-11H2,1-2H3,(H,19,22). The van der Waals surface area contributed by atoms with E-state index in [2.05, 4.69) is 10.2 Å². The van der Waals surface area contributed by atoms with Gasteiger partial charge in [0.2, 0.25) is 5.91 Å². The third-order valence-corrected chi connectivity index (χ3v) is 4.79. The zero-order chi connectivity index (χ0) is 16.1. The summed E-state index contributed by atoms with van der Waals surface area (Å²) in [5, 5.41) is 12.8. The molecule has 1 aliphatic carbocycles. The van der Waals surface area contributed by atoms with Crippen LogP contribution in [0.1, 0.15) is 31.2 Å². The highest BCUT2D eigenvalue weighted by Crippen LogP contribution is 2.26. The van der Waals surface area contributed by atoms with Gasteiger partial charge in [0.25, 0.3) is 0 Å². The van der Waals surface area contributed by atoms with Crippen molar-refractivity contribution in [2.24, 2.45) is 5.92 Å². The molecule has 22 heavy (non-hydrogen) atoms. The lowest BCUT2D eigenvalue weighted by molar-refractivity contribution is -0.117. The first kappa shape index (κ1) is 17.3. The lowest BCUT2D eigenvalue weighted by Crippen LogP contribution is -2.40. The highest BCUT2D eigenvalue weighted by atomic mass is 35.5. The van der Waals surface area contributed by atoms with Crippen LogP contribution in [0, 0.1) is 12.8 Å². The van der Waals surface area contributed by atoms with Gasteiger partial charge in [-0.15, -0.1) is 0 Å². The lowest BCUT2D eigenvalue weighted by atomic mass is 9.86. The molecule has 0 unspecified atom stereocenters. The fraction of sp³-hybridized carbons (Fsp3) is 0.588. The Morgan fingerprint density at radius 1 is 1.36 bits per heavy atom. The molecule has 122 valence electrons. The molecule has 0 saturated heterocycles. The number of hydrogen-bond acceptors (Lipinski definition) is 3. The predicted octanol–water partition coefficient (Wildman–Crippen LogP) is 3.07. The topological polar surface area (TPSA) is 52.6 Å². The number of aliphatic hydroxyl groups excluding tert-OH is 1.